The predicted octanol–water partition coefficient (Wildman–Crippen LogP) is 3.26. The van der Waals surface area contributed by atoms with Crippen molar-refractivity contribution >= 4 is 39.0 Å². The van der Waals surface area contributed by atoms with E-state index in [1.54, 1.807) is 0 Å². The number of nitrogens with two attached hydrogens (primary N) is 1. The molecule has 2 rings (SSSR count). The van der Waals surface area contributed by atoms with Crippen molar-refractivity contribution < 1.29 is 18.0 Å². The van der Waals surface area contributed by atoms with Crippen LogP contribution in [-0.2, 0) is 6.18 Å². The second-order valence-corrected chi connectivity index (χ2v) is 6.21. The lowest BCUT2D eigenvalue weighted by Gasteiger charge is -2.18. The summed E-state index contributed by atoms with van der Waals surface area (Å²) in [6, 6.07) is 2.44. The van der Waals surface area contributed by atoms with Crippen LogP contribution in [0.25, 0.3) is 0 Å². The molecule has 1 unspecified atom stereocenters. The molecule has 0 heterocycles. The molecule has 3 N–H and O–H groups in total. The summed E-state index contributed by atoms with van der Waals surface area (Å²) in [7, 11) is 0. The Labute approximate surface area is 133 Å². The number of benzene rings is 1. The molecule has 3 nitrogen and oxygen atoms in total. The number of nitrogens with one attached hydrogen (secondary N) is 1. The minimum atomic E-state index is -4.51. The summed E-state index contributed by atoms with van der Waals surface area (Å²) in [4.78, 5) is 12.3. The summed E-state index contributed by atoms with van der Waals surface area (Å²) >= 11 is 7.98. The number of carbonyl (C=O) groups is 1. The topological polar surface area (TPSA) is 55.1 Å². The molecule has 0 spiro atoms. The van der Waals surface area contributed by atoms with Gasteiger partial charge in [-0.05, 0) is 52.9 Å². The molecule has 1 atom stereocenters. The zero-order chi connectivity index (χ0) is 15.8. The van der Waals surface area contributed by atoms with Gasteiger partial charge in [0.05, 0.1) is 22.2 Å². The van der Waals surface area contributed by atoms with Gasteiger partial charge in [0.25, 0.3) is 5.91 Å². The molecular formula is C13H12BrF3N2OS. The zero-order valence-corrected chi connectivity index (χ0v) is 13.1. The first kappa shape index (κ1) is 16.2. The molecular weight excluding hydrogens is 369 g/mol. The summed E-state index contributed by atoms with van der Waals surface area (Å²) < 4.78 is 38.4. The van der Waals surface area contributed by atoms with Crippen LogP contribution in [0.1, 0.15) is 28.8 Å². The van der Waals surface area contributed by atoms with E-state index in [0.717, 1.165) is 25.0 Å². The quantitative estimate of drug-likeness (QED) is 0.788. The van der Waals surface area contributed by atoms with Crippen molar-refractivity contribution in [2.24, 2.45) is 11.7 Å². The van der Waals surface area contributed by atoms with Gasteiger partial charge in [-0.1, -0.05) is 12.2 Å². The molecule has 1 aliphatic carbocycles. The van der Waals surface area contributed by atoms with Crippen LogP contribution in [0.4, 0.5) is 13.2 Å². The Kier molecular flexibility index (Phi) is 4.57. The van der Waals surface area contributed by atoms with Crippen molar-refractivity contribution in [1.29, 1.82) is 0 Å². The van der Waals surface area contributed by atoms with Gasteiger partial charge in [-0.15, -0.1) is 0 Å². The van der Waals surface area contributed by atoms with E-state index in [2.05, 4.69) is 21.2 Å². The van der Waals surface area contributed by atoms with Gasteiger partial charge in [-0.2, -0.15) is 13.2 Å². The van der Waals surface area contributed by atoms with Gasteiger partial charge >= 0.3 is 6.18 Å². The number of carbonyl (C=O) groups excluding carboxylic acids is 1. The average Bonchev–Trinajstić information content (AvgIpc) is 3.18. The molecule has 0 bridgehead atoms. The molecule has 1 aromatic carbocycles. The summed E-state index contributed by atoms with van der Waals surface area (Å²) in [6.07, 6.45) is -2.72. The molecule has 1 saturated carbocycles. The molecule has 1 amide bonds. The highest BCUT2D eigenvalue weighted by atomic mass is 79.9. The highest BCUT2D eigenvalue weighted by Crippen LogP contribution is 2.34. The molecule has 1 aliphatic rings. The third-order valence-electron chi connectivity index (χ3n) is 3.22. The second-order valence-electron chi connectivity index (χ2n) is 4.88. The molecule has 1 fully saturated rings. The molecule has 0 radical (unpaired) electrons. The van der Waals surface area contributed by atoms with E-state index in [9.17, 15) is 18.0 Å². The highest BCUT2D eigenvalue weighted by Gasteiger charge is 2.35. The van der Waals surface area contributed by atoms with Crippen molar-refractivity contribution in [1.82, 2.24) is 5.32 Å². The van der Waals surface area contributed by atoms with Gasteiger partial charge in [-0.3, -0.25) is 4.79 Å². The lowest BCUT2D eigenvalue weighted by molar-refractivity contribution is -0.137. The third kappa shape index (κ3) is 3.94. The van der Waals surface area contributed by atoms with E-state index in [1.165, 1.54) is 6.07 Å². The molecule has 0 aromatic heterocycles. The van der Waals surface area contributed by atoms with Gasteiger partial charge in [0.2, 0.25) is 0 Å². The normalized spacial score (nSPS) is 16.4. The minimum Gasteiger partial charge on any atom is -0.392 e. The van der Waals surface area contributed by atoms with Crippen molar-refractivity contribution in [3.8, 4) is 0 Å². The number of halogens is 4. The standard InChI is InChI=1S/C13H12BrF3N2OS/c14-9-4-3-7(13(15,16)17)5-8(9)12(20)19-10(11(18)21)6-1-2-6/h3-6,10H,1-2H2,(H2,18,21)(H,19,20). The maximum Gasteiger partial charge on any atom is 0.416 e. The van der Waals surface area contributed by atoms with Gasteiger partial charge in [0.1, 0.15) is 0 Å². The highest BCUT2D eigenvalue weighted by molar-refractivity contribution is 9.10. The van der Waals surface area contributed by atoms with Gasteiger partial charge in [0, 0.05) is 4.47 Å². The Hall–Kier alpha value is -1.15. The van der Waals surface area contributed by atoms with Crippen LogP contribution in [0.15, 0.2) is 22.7 Å². The fourth-order valence-electron chi connectivity index (χ4n) is 1.95. The summed E-state index contributed by atoms with van der Waals surface area (Å²) in [5, 5.41) is 2.61. The van der Waals surface area contributed by atoms with Crippen molar-refractivity contribution in [2.45, 2.75) is 25.1 Å². The fraction of sp³-hybridized carbons (Fsp3) is 0.385. The molecule has 0 aliphatic heterocycles. The SMILES string of the molecule is NC(=S)C(NC(=O)c1cc(C(F)(F)F)ccc1Br)C1CC1. The van der Waals surface area contributed by atoms with Crippen LogP contribution in [0.5, 0.6) is 0 Å². The Morgan fingerprint density at radius 2 is 2.05 bits per heavy atom. The van der Waals surface area contributed by atoms with Crippen LogP contribution in [0, 0.1) is 5.92 Å². The monoisotopic (exact) mass is 380 g/mol. The van der Waals surface area contributed by atoms with Crippen molar-refractivity contribution in [3.05, 3.63) is 33.8 Å². The van der Waals surface area contributed by atoms with Crippen LogP contribution >= 0.6 is 28.1 Å². The summed E-state index contributed by atoms with van der Waals surface area (Å²) in [5.74, 6) is -0.450. The van der Waals surface area contributed by atoms with Crippen molar-refractivity contribution in [3.63, 3.8) is 0 Å². The minimum absolute atomic E-state index is 0.0910. The fourth-order valence-corrected chi connectivity index (χ4v) is 2.62. The number of hydrogen-bond donors (Lipinski definition) is 2. The Balaban J connectivity index is 2.24. The maximum absolute atomic E-state index is 12.7. The van der Waals surface area contributed by atoms with E-state index in [4.69, 9.17) is 18.0 Å². The predicted molar refractivity (Wildman–Crippen MR) is 79.9 cm³/mol. The molecule has 114 valence electrons. The third-order valence-corrected chi connectivity index (χ3v) is 4.17. The van der Waals surface area contributed by atoms with E-state index in [0.29, 0.717) is 0 Å². The second kappa shape index (κ2) is 5.92. The molecule has 0 saturated heterocycles. The number of thiocarbonyl (C=S) groups is 1. The van der Waals surface area contributed by atoms with Crippen LogP contribution < -0.4 is 11.1 Å². The molecule has 21 heavy (non-hydrogen) atoms. The smallest absolute Gasteiger partial charge is 0.392 e. The van der Waals surface area contributed by atoms with Crippen molar-refractivity contribution in [2.75, 3.05) is 0 Å². The van der Waals surface area contributed by atoms with Gasteiger partial charge < -0.3 is 11.1 Å². The molecule has 8 heteroatoms. The Morgan fingerprint density at radius 3 is 2.52 bits per heavy atom. The van der Waals surface area contributed by atoms with E-state index >= 15 is 0 Å². The van der Waals surface area contributed by atoms with Crippen LogP contribution in [0.3, 0.4) is 0 Å². The molecule has 1 aromatic rings. The first-order valence-corrected chi connectivity index (χ1v) is 7.37. The first-order valence-electron chi connectivity index (χ1n) is 6.17. The van der Waals surface area contributed by atoms with Crippen LogP contribution in [-0.4, -0.2) is 16.9 Å². The lowest BCUT2D eigenvalue weighted by Crippen LogP contribution is -2.45. The number of rotatable bonds is 4. The zero-order valence-electron chi connectivity index (χ0n) is 10.7. The van der Waals surface area contributed by atoms with Gasteiger partial charge in [-0.25, -0.2) is 0 Å². The van der Waals surface area contributed by atoms with E-state index < -0.39 is 23.7 Å². The summed E-state index contributed by atoms with van der Waals surface area (Å²) in [6.45, 7) is 0. The van der Waals surface area contributed by atoms with E-state index in [-0.39, 0.29) is 20.9 Å². The van der Waals surface area contributed by atoms with E-state index in [1.807, 2.05) is 0 Å². The average molecular weight is 381 g/mol. The number of hydrogen-bond acceptors (Lipinski definition) is 2. The van der Waals surface area contributed by atoms with Crippen LogP contribution in [0.2, 0.25) is 0 Å². The number of amides is 1. The maximum atomic E-state index is 12.7. The number of alkyl halides is 3. The largest absolute Gasteiger partial charge is 0.416 e. The first-order chi connectivity index (χ1) is 9.70. The lowest BCUT2D eigenvalue weighted by atomic mass is 10.1. The Bertz CT molecular complexity index is 587. The summed E-state index contributed by atoms with van der Waals surface area (Å²) in [5.41, 5.74) is 4.59. The Morgan fingerprint density at radius 1 is 1.43 bits per heavy atom. The van der Waals surface area contributed by atoms with Gasteiger partial charge in [0.15, 0.2) is 0 Å².